The van der Waals surface area contributed by atoms with Gasteiger partial charge in [0.2, 0.25) is 0 Å². The first-order valence-electron chi connectivity index (χ1n) is 7.23. The first kappa shape index (κ1) is 15.3. The van der Waals surface area contributed by atoms with E-state index in [1.807, 2.05) is 36.7 Å². The third-order valence-electron chi connectivity index (χ3n) is 3.09. The number of aryl methyl sites for hydroxylation is 1. The lowest BCUT2D eigenvalue weighted by molar-refractivity contribution is 0.258. The van der Waals surface area contributed by atoms with Gasteiger partial charge < -0.3 is 15.2 Å². The molecule has 0 bridgehead atoms. The maximum absolute atomic E-state index is 5.83. The Balaban J connectivity index is 2.11. The van der Waals surface area contributed by atoms with Crippen LogP contribution >= 0.6 is 0 Å². The fraction of sp³-hybridized carbons (Fsp3) is 0.467. The summed E-state index contributed by atoms with van der Waals surface area (Å²) in [6.45, 7) is 6.31. The van der Waals surface area contributed by atoms with Crippen molar-refractivity contribution >= 4 is 0 Å². The first-order valence-corrected chi connectivity index (χ1v) is 7.23. The highest BCUT2D eigenvalue weighted by molar-refractivity contribution is 5.43. The zero-order valence-electron chi connectivity index (χ0n) is 12.6. The average molecular weight is 290 g/mol. The summed E-state index contributed by atoms with van der Waals surface area (Å²) in [6.07, 6.45) is 2.36. The lowest BCUT2D eigenvalue weighted by Gasteiger charge is -2.13. The Labute approximate surface area is 124 Å². The van der Waals surface area contributed by atoms with Gasteiger partial charge in [-0.25, -0.2) is 9.67 Å². The van der Waals surface area contributed by atoms with E-state index < -0.39 is 0 Å². The molecule has 0 aliphatic rings. The SMILES string of the molecule is CCOc1cc(CCN)ccc1OCc1ncnn1CC. The topological polar surface area (TPSA) is 75.2 Å². The van der Waals surface area contributed by atoms with Crippen LogP contribution in [0.2, 0.25) is 0 Å². The molecular weight excluding hydrogens is 268 g/mol. The number of rotatable bonds is 8. The maximum Gasteiger partial charge on any atom is 0.164 e. The molecule has 1 aromatic heterocycles. The van der Waals surface area contributed by atoms with Crippen molar-refractivity contribution in [2.24, 2.45) is 5.73 Å². The highest BCUT2D eigenvalue weighted by Gasteiger charge is 2.09. The van der Waals surface area contributed by atoms with Crippen molar-refractivity contribution in [3.8, 4) is 11.5 Å². The lowest BCUT2D eigenvalue weighted by atomic mass is 10.1. The minimum Gasteiger partial charge on any atom is -0.490 e. The van der Waals surface area contributed by atoms with Gasteiger partial charge in [-0.05, 0) is 44.5 Å². The number of hydrogen-bond donors (Lipinski definition) is 1. The smallest absolute Gasteiger partial charge is 0.164 e. The number of ether oxygens (including phenoxy) is 2. The second-order valence-corrected chi connectivity index (χ2v) is 4.53. The predicted octanol–water partition coefficient (Wildman–Crippen LogP) is 1.78. The van der Waals surface area contributed by atoms with Crippen molar-refractivity contribution in [2.45, 2.75) is 33.4 Å². The quantitative estimate of drug-likeness (QED) is 0.802. The standard InChI is InChI=1S/C15H22N4O2/c1-3-19-15(17-11-18-19)10-21-13-6-5-12(7-8-16)9-14(13)20-4-2/h5-6,9,11H,3-4,7-8,10,16H2,1-2H3. The van der Waals surface area contributed by atoms with Gasteiger partial charge in [0.25, 0.3) is 0 Å². The summed E-state index contributed by atoms with van der Waals surface area (Å²) in [6, 6.07) is 5.91. The average Bonchev–Trinajstić information content (AvgIpc) is 2.94. The van der Waals surface area contributed by atoms with Gasteiger partial charge in [-0.2, -0.15) is 5.10 Å². The number of nitrogens with two attached hydrogens (primary N) is 1. The molecule has 21 heavy (non-hydrogen) atoms. The Morgan fingerprint density at radius 3 is 2.76 bits per heavy atom. The molecule has 2 rings (SSSR count). The Kier molecular flexibility index (Phi) is 5.57. The van der Waals surface area contributed by atoms with Crippen molar-refractivity contribution in [1.29, 1.82) is 0 Å². The van der Waals surface area contributed by atoms with E-state index >= 15 is 0 Å². The van der Waals surface area contributed by atoms with Gasteiger partial charge in [0, 0.05) is 6.54 Å². The third kappa shape index (κ3) is 3.95. The van der Waals surface area contributed by atoms with Crippen LogP contribution in [0.15, 0.2) is 24.5 Å². The van der Waals surface area contributed by atoms with E-state index in [0.717, 1.165) is 30.1 Å². The maximum atomic E-state index is 5.83. The Morgan fingerprint density at radius 1 is 1.19 bits per heavy atom. The van der Waals surface area contributed by atoms with Crippen molar-refractivity contribution in [1.82, 2.24) is 14.8 Å². The third-order valence-corrected chi connectivity index (χ3v) is 3.09. The van der Waals surface area contributed by atoms with Crippen molar-refractivity contribution < 1.29 is 9.47 Å². The molecule has 0 spiro atoms. The van der Waals surface area contributed by atoms with E-state index in [-0.39, 0.29) is 0 Å². The van der Waals surface area contributed by atoms with E-state index in [0.29, 0.717) is 25.5 Å². The highest BCUT2D eigenvalue weighted by atomic mass is 16.5. The first-order chi connectivity index (χ1) is 10.3. The van der Waals surface area contributed by atoms with Crippen molar-refractivity contribution in [3.05, 3.63) is 35.9 Å². The van der Waals surface area contributed by atoms with Gasteiger partial charge >= 0.3 is 0 Å². The molecule has 1 aromatic carbocycles. The Hall–Kier alpha value is -2.08. The fourth-order valence-corrected chi connectivity index (χ4v) is 2.07. The molecule has 0 aliphatic carbocycles. The molecule has 6 nitrogen and oxygen atoms in total. The number of aromatic nitrogens is 3. The van der Waals surface area contributed by atoms with Crippen molar-refractivity contribution in [3.63, 3.8) is 0 Å². The van der Waals surface area contributed by atoms with Crippen LogP contribution in [-0.2, 0) is 19.6 Å². The van der Waals surface area contributed by atoms with Crippen LogP contribution in [-0.4, -0.2) is 27.9 Å². The second-order valence-electron chi connectivity index (χ2n) is 4.53. The Morgan fingerprint density at radius 2 is 2.05 bits per heavy atom. The van der Waals surface area contributed by atoms with Gasteiger partial charge in [0.1, 0.15) is 12.9 Å². The van der Waals surface area contributed by atoms with E-state index in [4.69, 9.17) is 15.2 Å². The van der Waals surface area contributed by atoms with Crippen LogP contribution < -0.4 is 15.2 Å². The highest BCUT2D eigenvalue weighted by Crippen LogP contribution is 2.29. The van der Waals surface area contributed by atoms with Gasteiger partial charge in [-0.1, -0.05) is 6.07 Å². The van der Waals surface area contributed by atoms with Gasteiger partial charge in [0.15, 0.2) is 17.3 Å². The van der Waals surface area contributed by atoms with Crippen LogP contribution in [0.3, 0.4) is 0 Å². The number of nitrogens with zero attached hydrogens (tertiary/aromatic N) is 3. The largest absolute Gasteiger partial charge is 0.490 e. The minimum atomic E-state index is 0.365. The van der Waals surface area contributed by atoms with Crippen LogP contribution in [0.5, 0.6) is 11.5 Å². The second kappa shape index (κ2) is 7.64. The van der Waals surface area contributed by atoms with Gasteiger partial charge in [-0.3, -0.25) is 0 Å². The van der Waals surface area contributed by atoms with Crippen molar-refractivity contribution in [2.75, 3.05) is 13.2 Å². The summed E-state index contributed by atoms with van der Waals surface area (Å²) < 4.78 is 13.3. The molecule has 114 valence electrons. The minimum absolute atomic E-state index is 0.365. The lowest BCUT2D eigenvalue weighted by Crippen LogP contribution is -2.08. The van der Waals surface area contributed by atoms with Crippen LogP contribution in [0.1, 0.15) is 25.2 Å². The molecular formula is C15H22N4O2. The summed E-state index contributed by atoms with van der Waals surface area (Å²) in [5, 5.41) is 4.12. The molecule has 0 saturated carbocycles. The Bertz CT molecular complexity index is 569. The molecule has 0 radical (unpaired) electrons. The molecule has 2 aromatic rings. The van der Waals surface area contributed by atoms with Crippen LogP contribution in [0, 0.1) is 0 Å². The predicted molar refractivity (Wildman–Crippen MR) is 80.4 cm³/mol. The summed E-state index contributed by atoms with van der Waals surface area (Å²) in [7, 11) is 0. The summed E-state index contributed by atoms with van der Waals surface area (Å²) in [5.74, 6) is 2.25. The van der Waals surface area contributed by atoms with Gasteiger partial charge in [0.05, 0.1) is 6.61 Å². The molecule has 1 heterocycles. The van der Waals surface area contributed by atoms with E-state index in [9.17, 15) is 0 Å². The normalized spacial score (nSPS) is 10.6. The van der Waals surface area contributed by atoms with Crippen LogP contribution in [0.4, 0.5) is 0 Å². The molecule has 0 aliphatic heterocycles. The molecule has 0 amide bonds. The zero-order chi connectivity index (χ0) is 15.1. The number of hydrogen-bond acceptors (Lipinski definition) is 5. The van der Waals surface area contributed by atoms with E-state index in [1.165, 1.54) is 6.33 Å². The summed E-state index contributed by atoms with van der Waals surface area (Å²) in [4.78, 5) is 4.19. The van der Waals surface area contributed by atoms with E-state index in [1.54, 1.807) is 0 Å². The van der Waals surface area contributed by atoms with Gasteiger partial charge in [-0.15, -0.1) is 0 Å². The molecule has 0 atom stereocenters. The summed E-state index contributed by atoms with van der Waals surface area (Å²) in [5.41, 5.74) is 6.73. The zero-order valence-corrected chi connectivity index (χ0v) is 12.6. The molecule has 0 saturated heterocycles. The number of benzene rings is 1. The molecule has 6 heteroatoms. The fourth-order valence-electron chi connectivity index (χ4n) is 2.07. The molecule has 2 N–H and O–H groups in total. The monoisotopic (exact) mass is 290 g/mol. The summed E-state index contributed by atoms with van der Waals surface area (Å²) >= 11 is 0. The molecule has 0 unspecified atom stereocenters. The van der Waals surface area contributed by atoms with E-state index in [2.05, 4.69) is 10.1 Å². The van der Waals surface area contributed by atoms with Crippen LogP contribution in [0.25, 0.3) is 0 Å². The molecule has 0 fully saturated rings.